The van der Waals surface area contributed by atoms with E-state index in [0.29, 0.717) is 12.1 Å². The van der Waals surface area contributed by atoms with Gasteiger partial charge in [-0.05, 0) is 12.5 Å². The molecule has 0 saturated heterocycles. The van der Waals surface area contributed by atoms with Crippen LogP contribution >= 0.6 is 0 Å². The molecule has 102 valence electrons. The summed E-state index contributed by atoms with van der Waals surface area (Å²) < 4.78 is 20.6. The molecular weight excluding hydrogens is 245 g/mol. The highest BCUT2D eigenvalue weighted by Crippen LogP contribution is 2.21. The lowest BCUT2D eigenvalue weighted by atomic mass is 10.1. The topological polar surface area (TPSA) is 53.1 Å². The zero-order valence-corrected chi connectivity index (χ0v) is 11.1. The van der Waals surface area contributed by atoms with Crippen LogP contribution < -0.4 is 10.5 Å². The summed E-state index contributed by atoms with van der Waals surface area (Å²) in [6.07, 6.45) is 4.43. The summed E-state index contributed by atoms with van der Waals surface area (Å²) in [7, 11) is 1.45. The summed E-state index contributed by atoms with van der Waals surface area (Å²) in [5.74, 6) is -0.100. The Hall–Kier alpha value is -1.88. The highest BCUT2D eigenvalue weighted by Gasteiger charge is 2.11. The van der Waals surface area contributed by atoms with Crippen LogP contribution in [-0.4, -0.2) is 16.9 Å². The first-order chi connectivity index (χ1) is 9.15. The van der Waals surface area contributed by atoms with Gasteiger partial charge in [0.15, 0.2) is 11.6 Å². The van der Waals surface area contributed by atoms with Crippen LogP contribution in [-0.2, 0) is 6.54 Å². The molecule has 0 aliphatic heterocycles. The molecule has 19 heavy (non-hydrogen) atoms. The van der Waals surface area contributed by atoms with Crippen LogP contribution in [0.5, 0.6) is 5.75 Å². The Labute approximate surface area is 112 Å². The average molecular weight is 263 g/mol. The monoisotopic (exact) mass is 263 g/mol. The normalized spacial score (nSPS) is 12.4. The van der Waals surface area contributed by atoms with Crippen LogP contribution in [0.15, 0.2) is 30.6 Å². The second-order valence-corrected chi connectivity index (χ2v) is 4.42. The van der Waals surface area contributed by atoms with Gasteiger partial charge in [-0.15, -0.1) is 0 Å². The molecule has 5 heteroatoms. The molecule has 1 atom stereocenters. The number of nitrogens with zero attached hydrogens (tertiary/aromatic N) is 2. The fourth-order valence-corrected chi connectivity index (χ4v) is 1.90. The van der Waals surface area contributed by atoms with Gasteiger partial charge >= 0.3 is 0 Å². The van der Waals surface area contributed by atoms with E-state index < -0.39 is 0 Å². The lowest BCUT2D eigenvalue weighted by molar-refractivity contribution is 0.383. The zero-order valence-electron chi connectivity index (χ0n) is 11.1. The summed E-state index contributed by atoms with van der Waals surface area (Å²) in [5.41, 5.74) is 7.43. The van der Waals surface area contributed by atoms with Crippen LogP contribution in [0.25, 0.3) is 0 Å². The van der Waals surface area contributed by atoms with Crippen molar-refractivity contribution >= 4 is 0 Å². The van der Waals surface area contributed by atoms with E-state index in [2.05, 4.69) is 5.10 Å². The molecule has 0 aliphatic carbocycles. The lowest BCUT2D eigenvalue weighted by Gasteiger charge is -2.07. The fraction of sp³-hybridized carbons (Fsp3) is 0.357. The molecule has 0 bridgehead atoms. The molecule has 4 nitrogen and oxygen atoms in total. The van der Waals surface area contributed by atoms with E-state index in [-0.39, 0.29) is 17.6 Å². The van der Waals surface area contributed by atoms with Crippen LogP contribution in [0.2, 0.25) is 0 Å². The Bertz CT molecular complexity index is 553. The number of benzene rings is 1. The third kappa shape index (κ3) is 2.93. The van der Waals surface area contributed by atoms with Crippen molar-refractivity contribution in [2.24, 2.45) is 5.73 Å². The van der Waals surface area contributed by atoms with Gasteiger partial charge < -0.3 is 10.5 Å². The van der Waals surface area contributed by atoms with Crippen molar-refractivity contribution in [3.8, 4) is 5.75 Å². The SMILES string of the molecule is CCC(N)c1cnn(Cc2cccc(OC)c2F)c1. The van der Waals surface area contributed by atoms with E-state index in [1.54, 1.807) is 29.1 Å². The number of halogens is 1. The molecule has 1 unspecified atom stereocenters. The van der Waals surface area contributed by atoms with Crippen molar-refractivity contribution in [1.29, 1.82) is 0 Å². The fourth-order valence-electron chi connectivity index (χ4n) is 1.90. The van der Waals surface area contributed by atoms with Crippen molar-refractivity contribution < 1.29 is 9.13 Å². The van der Waals surface area contributed by atoms with E-state index in [0.717, 1.165) is 12.0 Å². The number of hydrogen-bond acceptors (Lipinski definition) is 3. The molecule has 1 aromatic heterocycles. The van der Waals surface area contributed by atoms with Crippen molar-refractivity contribution in [1.82, 2.24) is 9.78 Å². The Morgan fingerprint density at radius 3 is 2.95 bits per heavy atom. The van der Waals surface area contributed by atoms with E-state index in [1.807, 2.05) is 13.1 Å². The minimum Gasteiger partial charge on any atom is -0.494 e. The summed E-state index contributed by atoms with van der Waals surface area (Å²) in [6.45, 7) is 2.38. The van der Waals surface area contributed by atoms with Crippen molar-refractivity contribution in [2.75, 3.05) is 7.11 Å². The molecule has 0 aliphatic rings. The van der Waals surface area contributed by atoms with Crippen LogP contribution in [0, 0.1) is 5.82 Å². The standard InChI is InChI=1S/C14H18FN3O/c1-3-12(16)11-7-17-18(9-11)8-10-5-4-6-13(19-2)14(10)15/h4-7,9,12H,3,8,16H2,1-2H3. The van der Waals surface area contributed by atoms with Crippen LogP contribution in [0.4, 0.5) is 4.39 Å². The molecule has 1 aromatic carbocycles. The number of hydrogen-bond donors (Lipinski definition) is 1. The first kappa shape index (κ1) is 13.5. The van der Waals surface area contributed by atoms with Gasteiger partial charge in [0.2, 0.25) is 0 Å². The Balaban J connectivity index is 2.19. The maximum Gasteiger partial charge on any atom is 0.170 e. The Morgan fingerprint density at radius 2 is 2.26 bits per heavy atom. The number of nitrogens with two attached hydrogens (primary N) is 1. The van der Waals surface area contributed by atoms with E-state index in [9.17, 15) is 4.39 Å². The molecule has 0 radical (unpaired) electrons. The van der Waals surface area contributed by atoms with Crippen molar-refractivity contribution in [3.05, 3.63) is 47.5 Å². The van der Waals surface area contributed by atoms with Gasteiger partial charge in [-0.1, -0.05) is 19.1 Å². The van der Waals surface area contributed by atoms with Gasteiger partial charge in [0.05, 0.1) is 19.9 Å². The van der Waals surface area contributed by atoms with Crippen LogP contribution in [0.3, 0.4) is 0 Å². The number of aromatic nitrogens is 2. The largest absolute Gasteiger partial charge is 0.494 e. The Kier molecular flexibility index (Phi) is 4.16. The molecule has 2 aromatic rings. The molecule has 2 N–H and O–H groups in total. The van der Waals surface area contributed by atoms with Gasteiger partial charge in [0.25, 0.3) is 0 Å². The summed E-state index contributed by atoms with van der Waals surface area (Å²) >= 11 is 0. The maximum absolute atomic E-state index is 14.0. The third-order valence-corrected chi connectivity index (χ3v) is 3.12. The summed E-state index contributed by atoms with van der Waals surface area (Å²) in [5, 5.41) is 4.21. The minimum absolute atomic E-state index is 0.0242. The predicted octanol–water partition coefficient (Wildman–Crippen LogP) is 2.49. The molecule has 1 heterocycles. The second-order valence-electron chi connectivity index (χ2n) is 4.42. The van der Waals surface area contributed by atoms with Crippen molar-refractivity contribution in [3.63, 3.8) is 0 Å². The quantitative estimate of drug-likeness (QED) is 0.901. The number of ether oxygens (including phenoxy) is 1. The van der Waals surface area contributed by atoms with Gasteiger partial charge in [0, 0.05) is 23.4 Å². The average Bonchev–Trinajstić information content (AvgIpc) is 2.89. The van der Waals surface area contributed by atoms with E-state index in [1.165, 1.54) is 7.11 Å². The lowest BCUT2D eigenvalue weighted by Crippen LogP contribution is -2.08. The predicted molar refractivity (Wildman–Crippen MR) is 71.5 cm³/mol. The summed E-state index contributed by atoms with van der Waals surface area (Å²) in [6, 6.07) is 5.06. The molecule has 0 saturated carbocycles. The number of rotatable bonds is 5. The molecule has 0 amide bonds. The minimum atomic E-state index is -0.346. The summed E-state index contributed by atoms with van der Waals surface area (Å²) in [4.78, 5) is 0. The maximum atomic E-state index is 14.0. The molecule has 2 rings (SSSR count). The van der Waals surface area contributed by atoms with Gasteiger partial charge in [0.1, 0.15) is 0 Å². The van der Waals surface area contributed by atoms with Crippen molar-refractivity contribution in [2.45, 2.75) is 25.9 Å². The highest BCUT2D eigenvalue weighted by atomic mass is 19.1. The second kappa shape index (κ2) is 5.84. The third-order valence-electron chi connectivity index (χ3n) is 3.12. The molecule has 0 spiro atoms. The first-order valence-corrected chi connectivity index (χ1v) is 6.25. The first-order valence-electron chi connectivity index (χ1n) is 6.25. The van der Waals surface area contributed by atoms with E-state index >= 15 is 0 Å². The van der Waals surface area contributed by atoms with Crippen LogP contribution in [0.1, 0.15) is 30.5 Å². The smallest absolute Gasteiger partial charge is 0.170 e. The van der Waals surface area contributed by atoms with E-state index in [4.69, 9.17) is 10.5 Å². The van der Waals surface area contributed by atoms with Gasteiger partial charge in [-0.2, -0.15) is 5.10 Å². The molecule has 0 fully saturated rings. The highest BCUT2D eigenvalue weighted by molar-refractivity contribution is 5.31. The Morgan fingerprint density at radius 1 is 1.47 bits per heavy atom. The van der Waals surface area contributed by atoms with Gasteiger partial charge in [-0.3, -0.25) is 4.68 Å². The zero-order chi connectivity index (χ0) is 13.8. The van der Waals surface area contributed by atoms with Gasteiger partial charge in [-0.25, -0.2) is 4.39 Å². The molecular formula is C14H18FN3O. The number of methoxy groups -OCH3 is 1.